The van der Waals surface area contributed by atoms with Gasteiger partial charge in [0.15, 0.2) is 0 Å². The maximum Gasteiger partial charge on any atom is 0.330 e. The van der Waals surface area contributed by atoms with Crippen molar-refractivity contribution in [2.24, 2.45) is 14.1 Å². The fraction of sp³-hybridized carbons (Fsp3) is 0.583. The first kappa shape index (κ1) is 18.6. The van der Waals surface area contributed by atoms with E-state index in [-0.39, 0.29) is 34.6 Å². The zero-order chi connectivity index (χ0) is 14.9. The van der Waals surface area contributed by atoms with Crippen molar-refractivity contribution in [3.8, 4) is 0 Å². The molecule has 114 valence electrons. The van der Waals surface area contributed by atoms with Gasteiger partial charge in [0, 0.05) is 19.8 Å². The van der Waals surface area contributed by atoms with Crippen LogP contribution in [-0.4, -0.2) is 40.1 Å². The van der Waals surface area contributed by atoms with Gasteiger partial charge in [0.05, 0.1) is 6.04 Å². The fourth-order valence-corrected chi connectivity index (χ4v) is 1.55. The molecule has 1 heterocycles. The van der Waals surface area contributed by atoms with Crippen LogP contribution < -0.4 is 16.6 Å². The van der Waals surface area contributed by atoms with E-state index in [1.807, 2.05) is 0 Å². The molecule has 0 radical (unpaired) electrons. The van der Waals surface area contributed by atoms with Gasteiger partial charge in [0.2, 0.25) is 5.91 Å². The van der Waals surface area contributed by atoms with Crippen molar-refractivity contribution in [2.75, 3.05) is 19.4 Å². The van der Waals surface area contributed by atoms with Crippen LogP contribution in [0.15, 0.2) is 9.59 Å². The Balaban J connectivity index is 0.00000361. The molecule has 0 saturated heterocycles. The van der Waals surface area contributed by atoms with Gasteiger partial charge in [-0.25, -0.2) is 4.79 Å². The van der Waals surface area contributed by atoms with Gasteiger partial charge in [0.1, 0.15) is 5.69 Å². The summed E-state index contributed by atoms with van der Waals surface area (Å²) >= 11 is 0. The Morgan fingerprint density at radius 2 is 1.70 bits per heavy atom. The number of likely N-dealkylation sites (N-methyl/N-ethyl adjacent to an activating group) is 1. The molecule has 0 aliphatic carbocycles. The summed E-state index contributed by atoms with van der Waals surface area (Å²) in [4.78, 5) is 37.4. The predicted octanol–water partition coefficient (Wildman–Crippen LogP) is -0.141. The summed E-state index contributed by atoms with van der Waals surface area (Å²) in [6.45, 7) is 3.36. The van der Waals surface area contributed by atoms with Gasteiger partial charge in [0.25, 0.3) is 5.56 Å². The summed E-state index contributed by atoms with van der Waals surface area (Å²) in [5.41, 5.74) is -0.336. The van der Waals surface area contributed by atoms with Crippen molar-refractivity contribution in [3.05, 3.63) is 26.5 Å². The van der Waals surface area contributed by atoms with Crippen LogP contribution in [0.1, 0.15) is 12.6 Å². The summed E-state index contributed by atoms with van der Waals surface area (Å²) in [5.74, 6) is -0.288. The highest BCUT2D eigenvalue weighted by molar-refractivity contribution is 8.93. The molecule has 1 rings (SSSR count). The number of hydrogen-bond donors (Lipinski definition) is 1. The quantitative estimate of drug-likeness (QED) is 0.824. The summed E-state index contributed by atoms with van der Waals surface area (Å²) in [6, 6.07) is -0.374. The summed E-state index contributed by atoms with van der Waals surface area (Å²) in [5, 5.41) is 2.59. The second-order valence-corrected chi connectivity index (χ2v) is 4.80. The lowest BCUT2D eigenvalue weighted by Gasteiger charge is -2.20. The molecule has 8 heteroatoms. The number of anilines is 1. The van der Waals surface area contributed by atoms with Crippen LogP contribution >= 0.6 is 17.0 Å². The van der Waals surface area contributed by atoms with Crippen LogP contribution in [0.4, 0.5) is 5.69 Å². The van der Waals surface area contributed by atoms with E-state index >= 15 is 0 Å². The molecule has 0 fully saturated rings. The molecule has 1 aromatic rings. The van der Waals surface area contributed by atoms with Gasteiger partial charge in [-0.2, -0.15) is 0 Å². The third kappa shape index (κ3) is 3.37. The lowest BCUT2D eigenvalue weighted by Crippen LogP contribution is -2.43. The van der Waals surface area contributed by atoms with E-state index in [1.54, 1.807) is 39.9 Å². The Morgan fingerprint density at radius 3 is 2.15 bits per heavy atom. The first-order chi connectivity index (χ1) is 8.68. The number of aromatic nitrogens is 2. The molecule has 0 spiro atoms. The van der Waals surface area contributed by atoms with E-state index in [1.165, 1.54) is 11.6 Å². The molecule has 1 aromatic heterocycles. The zero-order valence-electron chi connectivity index (χ0n) is 12.6. The molecule has 0 aliphatic heterocycles. The maximum absolute atomic E-state index is 12.0. The molecular weight excluding hydrogens is 328 g/mol. The minimum Gasteiger partial charge on any atom is -0.319 e. The largest absolute Gasteiger partial charge is 0.330 e. The van der Waals surface area contributed by atoms with Crippen molar-refractivity contribution in [2.45, 2.75) is 19.9 Å². The maximum atomic E-state index is 12.0. The van der Waals surface area contributed by atoms with E-state index in [2.05, 4.69) is 5.32 Å². The third-order valence-electron chi connectivity index (χ3n) is 3.36. The van der Waals surface area contributed by atoms with E-state index in [0.717, 1.165) is 4.57 Å². The number of carbonyl (C=O) groups is 1. The fourth-order valence-electron chi connectivity index (χ4n) is 1.55. The molecule has 0 bridgehead atoms. The highest BCUT2D eigenvalue weighted by atomic mass is 79.9. The molecule has 0 aromatic carbocycles. The molecule has 7 nitrogen and oxygen atoms in total. The van der Waals surface area contributed by atoms with Gasteiger partial charge in [-0.1, -0.05) is 0 Å². The molecule has 1 N–H and O–H groups in total. The molecule has 20 heavy (non-hydrogen) atoms. The van der Waals surface area contributed by atoms with Gasteiger partial charge in [-0.15, -0.1) is 17.0 Å². The van der Waals surface area contributed by atoms with E-state index in [0.29, 0.717) is 5.69 Å². The molecule has 1 atom stereocenters. The van der Waals surface area contributed by atoms with E-state index < -0.39 is 11.2 Å². The Labute approximate surface area is 128 Å². The van der Waals surface area contributed by atoms with Crippen molar-refractivity contribution < 1.29 is 4.79 Å². The minimum atomic E-state index is -0.500. The zero-order valence-corrected chi connectivity index (χ0v) is 14.3. The lowest BCUT2D eigenvalue weighted by atomic mass is 10.2. The van der Waals surface area contributed by atoms with Gasteiger partial charge in [-0.05, 0) is 27.9 Å². The molecule has 1 amide bonds. The topological polar surface area (TPSA) is 76.3 Å². The van der Waals surface area contributed by atoms with Crippen LogP contribution in [0.2, 0.25) is 0 Å². The predicted molar refractivity (Wildman–Crippen MR) is 83.8 cm³/mol. The standard InChI is InChI=1S/C12H20N4O3.BrH/c1-7-9(13-10(17)8(2)14(3)4)11(18)16(6)12(19)15(7)5;/h8H,1-6H3,(H,13,17);1H. The van der Waals surface area contributed by atoms with Crippen LogP contribution in [0, 0.1) is 6.92 Å². The Kier molecular flexibility index (Phi) is 6.36. The van der Waals surface area contributed by atoms with E-state index in [4.69, 9.17) is 0 Å². The number of carbonyl (C=O) groups excluding carboxylic acids is 1. The smallest absolute Gasteiger partial charge is 0.319 e. The number of hydrogen-bond acceptors (Lipinski definition) is 4. The van der Waals surface area contributed by atoms with Crippen LogP contribution in [-0.2, 0) is 18.9 Å². The molecule has 1 unspecified atom stereocenters. The van der Waals surface area contributed by atoms with E-state index in [9.17, 15) is 14.4 Å². The minimum absolute atomic E-state index is 0. The van der Waals surface area contributed by atoms with Gasteiger partial charge in [-0.3, -0.25) is 23.6 Å². The van der Waals surface area contributed by atoms with Crippen molar-refractivity contribution in [1.82, 2.24) is 14.0 Å². The van der Waals surface area contributed by atoms with Gasteiger partial charge >= 0.3 is 5.69 Å². The normalized spacial score (nSPS) is 11.9. The Hall–Kier alpha value is -1.41. The van der Waals surface area contributed by atoms with Crippen LogP contribution in [0.3, 0.4) is 0 Å². The summed E-state index contributed by atoms with van der Waals surface area (Å²) < 4.78 is 2.31. The number of nitrogens with one attached hydrogen (secondary N) is 1. The monoisotopic (exact) mass is 348 g/mol. The number of rotatable bonds is 3. The highest BCUT2D eigenvalue weighted by Gasteiger charge is 2.19. The summed E-state index contributed by atoms with van der Waals surface area (Å²) in [7, 11) is 6.49. The average molecular weight is 349 g/mol. The van der Waals surface area contributed by atoms with Crippen LogP contribution in [0.5, 0.6) is 0 Å². The molecule has 0 aliphatic rings. The van der Waals surface area contributed by atoms with Crippen molar-refractivity contribution in [1.29, 1.82) is 0 Å². The Bertz CT molecular complexity index is 618. The SMILES string of the molecule is Br.Cc1c(NC(=O)C(C)N(C)C)c(=O)n(C)c(=O)n1C. The molecule has 0 saturated carbocycles. The lowest BCUT2D eigenvalue weighted by molar-refractivity contribution is -0.119. The van der Waals surface area contributed by atoms with Gasteiger partial charge < -0.3 is 5.32 Å². The number of halogens is 1. The Morgan fingerprint density at radius 1 is 1.20 bits per heavy atom. The first-order valence-corrected chi connectivity index (χ1v) is 5.92. The second-order valence-electron chi connectivity index (χ2n) is 4.80. The van der Waals surface area contributed by atoms with Crippen molar-refractivity contribution in [3.63, 3.8) is 0 Å². The van der Waals surface area contributed by atoms with Crippen LogP contribution in [0.25, 0.3) is 0 Å². The number of amides is 1. The number of nitrogens with zero attached hydrogens (tertiary/aromatic N) is 3. The van der Waals surface area contributed by atoms with Crippen molar-refractivity contribution >= 4 is 28.6 Å². The second kappa shape index (κ2) is 6.85. The molecular formula is C12H21BrN4O3. The first-order valence-electron chi connectivity index (χ1n) is 5.92. The highest BCUT2D eigenvalue weighted by Crippen LogP contribution is 2.06. The summed E-state index contributed by atoms with van der Waals surface area (Å²) in [6.07, 6.45) is 0. The third-order valence-corrected chi connectivity index (χ3v) is 3.36. The average Bonchev–Trinajstić information content (AvgIpc) is 2.37.